The molecule has 0 aliphatic rings. The van der Waals surface area contributed by atoms with Gasteiger partial charge in [0.2, 0.25) is 0 Å². The number of hydrogen-bond donors (Lipinski definition) is 1. The summed E-state index contributed by atoms with van der Waals surface area (Å²) in [6.45, 7) is 7.77. The Morgan fingerprint density at radius 2 is 2.00 bits per heavy atom. The first-order chi connectivity index (χ1) is 8.30. The van der Waals surface area contributed by atoms with Crippen LogP contribution in [-0.2, 0) is 14.3 Å². The van der Waals surface area contributed by atoms with Crippen molar-refractivity contribution in [2.75, 3.05) is 0 Å². The third-order valence-electron chi connectivity index (χ3n) is 1.88. The molecular formula is C13H21NO4. The standard InChI is InChI=1S/C8H11NO2.C5H10O2/c1-6-2-3-8(11-6)7(9)4-5-10;1-5(2,3)7-4-6/h2-3,5,7H,4,9H2,1H3;4H,1-3H3. The van der Waals surface area contributed by atoms with Crippen molar-refractivity contribution in [3.63, 3.8) is 0 Å². The van der Waals surface area contributed by atoms with Crippen LogP contribution in [0.5, 0.6) is 0 Å². The van der Waals surface area contributed by atoms with E-state index in [1.165, 1.54) is 0 Å². The molecule has 0 aliphatic heterocycles. The maximum atomic E-state index is 10.1. The molecule has 0 saturated heterocycles. The number of aryl methyl sites for hydroxylation is 1. The number of ether oxygens (including phenoxy) is 1. The Balaban J connectivity index is 0.000000360. The monoisotopic (exact) mass is 255 g/mol. The largest absolute Gasteiger partial charge is 0.465 e. The fraction of sp³-hybridized carbons (Fsp3) is 0.538. The Kier molecular flexibility index (Phi) is 6.97. The summed E-state index contributed by atoms with van der Waals surface area (Å²) in [5.74, 6) is 1.50. The zero-order chi connectivity index (χ0) is 14.2. The molecule has 1 heterocycles. The van der Waals surface area contributed by atoms with E-state index in [1.54, 1.807) is 6.07 Å². The molecule has 2 N–H and O–H groups in total. The molecule has 5 heteroatoms. The van der Waals surface area contributed by atoms with Crippen LogP contribution in [0.15, 0.2) is 16.5 Å². The maximum absolute atomic E-state index is 10.1. The van der Waals surface area contributed by atoms with Crippen molar-refractivity contribution in [3.8, 4) is 0 Å². The quantitative estimate of drug-likeness (QED) is 0.833. The predicted octanol–water partition coefficient (Wildman–Crippen LogP) is 2.13. The lowest BCUT2D eigenvalue weighted by Crippen LogP contribution is -2.17. The van der Waals surface area contributed by atoms with E-state index in [2.05, 4.69) is 4.74 Å². The molecule has 0 amide bonds. The predicted molar refractivity (Wildman–Crippen MR) is 68.0 cm³/mol. The first kappa shape index (κ1) is 16.4. The number of carbonyl (C=O) groups is 2. The van der Waals surface area contributed by atoms with Crippen LogP contribution in [0.2, 0.25) is 0 Å². The van der Waals surface area contributed by atoms with Crippen molar-refractivity contribution < 1.29 is 18.7 Å². The van der Waals surface area contributed by atoms with Crippen LogP contribution in [-0.4, -0.2) is 18.4 Å². The highest BCUT2D eigenvalue weighted by Gasteiger charge is 2.08. The van der Waals surface area contributed by atoms with Crippen molar-refractivity contribution in [2.45, 2.75) is 45.8 Å². The zero-order valence-electron chi connectivity index (χ0n) is 11.3. The van der Waals surface area contributed by atoms with Gasteiger partial charge >= 0.3 is 0 Å². The third-order valence-corrected chi connectivity index (χ3v) is 1.88. The summed E-state index contributed by atoms with van der Waals surface area (Å²) in [7, 11) is 0. The minimum Gasteiger partial charge on any atom is -0.465 e. The smallest absolute Gasteiger partial charge is 0.293 e. The van der Waals surface area contributed by atoms with Gasteiger partial charge in [0.15, 0.2) is 0 Å². The number of nitrogens with two attached hydrogens (primary N) is 1. The first-order valence-corrected chi connectivity index (χ1v) is 5.67. The van der Waals surface area contributed by atoms with Crippen molar-refractivity contribution in [1.29, 1.82) is 0 Å². The van der Waals surface area contributed by atoms with Gasteiger partial charge in [-0.3, -0.25) is 4.79 Å². The van der Waals surface area contributed by atoms with Crippen molar-refractivity contribution in [1.82, 2.24) is 0 Å². The molecular weight excluding hydrogens is 234 g/mol. The van der Waals surface area contributed by atoms with Crippen LogP contribution in [0.4, 0.5) is 0 Å². The number of hydrogen-bond acceptors (Lipinski definition) is 5. The molecule has 1 aromatic heterocycles. The van der Waals surface area contributed by atoms with E-state index in [9.17, 15) is 9.59 Å². The topological polar surface area (TPSA) is 82.5 Å². The van der Waals surface area contributed by atoms with Gasteiger partial charge in [0, 0.05) is 6.42 Å². The van der Waals surface area contributed by atoms with Crippen molar-refractivity contribution >= 4 is 12.8 Å². The molecule has 1 aromatic rings. The van der Waals surface area contributed by atoms with E-state index < -0.39 is 0 Å². The molecule has 0 saturated carbocycles. The molecule has 0 fully saturated rings. The van der Waals surface area contributed by atoms with Gasteiger partial charge < -0.3 is 19.7 Å². The second kappa shape index (κ2) is 7.66. The highest BCUT2D eigenvalue weighted by molar-refractivity contribution is 5.50. The van der Waals surface area contributed by atoms with Gasteiger partial charge in [-0.1, -0.05) is 0 Å². The number of rotatable bonds is 4. The summed E-state index contributed by atoms with van der Waals surface area (Å²) >= 11 is 0. The van der Waals surface area contributed by atoms with Crippen LogP contribution in [0.25, 0.3) is 0 Å². The summed E-state index contributed by atoms with van der Waals surface area (Å²) in [6, 6.07) is 3.34. The lowest BCUT2D eigenvalue weighted by atomic mass is 10.2. The summed E-state index contributed by atoms with van der Waals surface area (Å²) in [5.41, 5.74) is 5.28. The molecule has 0 spiro atoms. The Morgan fingerprint density at radius 1 is 1.39 bits per heavy atom. The Bertz CT molecular complexity index is 365. The molecule has 5 nitrogen and oxygen atoms in total. The normalized spacial score (nSPS) is 12.1. The number of aldehydes is 1. The van der Waals surface area contributed by atoms with Crippen molar-refractivity contribution in [2.24, 2.45) is 5.73 Å². The molecule has 1 unspecified atom stereocenters. The van der Waals surface area contributed by atoms with E-state index in [-0.39, 0.29) is 11.6 Å². The van der Waals surface area contributed by atoms with Crippen LogP contribution in [0.3, 0.4) is 0 Å². The Morgan fingerprint density at radius 3 is 2.28 bits per heavy atom. The zero-order valence-corrected chi connectivity index (χ0v) is 11.3. The number of carbonyl (C=O) groups excluding carboxylic acids is 2. The van der Waals surface area contributed by atoms with E-state index >= 15 is 0 Å². The lowest BCUT2D eigenvalue weighted by molar-refractivity contribution is -0.138. The minimum atomic E-state index is -0.318. The van der Waals surface area contributed by atoms with Crippen LogP contribution < -0.4 is 5.73 Å². The average molecular weight is 255 g/mol. The minimum absolute atomic E-state index is 0.291. The fourth-order valence-corrected chi connectivity index (χ4v) is 1.02. The fourth-order valence-electron chi connectivity index (χ4n) is 1.02. The van der Waals surface area contributed by atoms with Gasteiger partial charge in [-0.25, -0.2) is 0 Å². The highest BCUT2D eigenvalue weighted by atomic mass is 16.5. The third kappa shape index (κ3) is 7.62. The van der Waals surface area contributed by atoms with E-state index in [0.29, 0.717) is 18.7 Å². The molecule has 0 aromatic carbocycles. The second-order valence-corrected chi connectivity index (χ2v) is 4.78. The molecule has 0 aliphatic carbocycles. The van der Waals surface area contributed by atoms with Gasteiger partial charge in [-0.05, 0) is 39.8 Å². The number of furan rings is 1. The molecule has 1 rings (SSSR count). The van der Waals surface area contributed by atoms with Crippen LogP contribution in [0, 0.1) is 6.92 Å². The second-order valence-electron chi connectivity index (χ2n) is 4.78. The highest BCUT2D eigenvalue weighted by Crippen LogP contribution is 2.15. The van der Waals surface area contributed by atoms with E-state index in [0.717, 1.165) is 12.0 Å². The molecule has 18 heavy (non-hydrogen) atoms. The average Bonchev–Trinajstić information content (AvgIpc) is 2.64. The van der Waals surface area contributed by atoms with E-state index in [4.69, 9.17) is 10.2 Å². The van der Waals surface area contributed by atoms with Gasteiger partial charge in [-0.2, -0.15) is 0 Å². The van der Waals surface area contributed by atoms with Crippen molar-refractivity contribution in [3.05, 3.63) is 23.7 Å². The van der Waals surface area contributed by atoms with Gasteiger partial charge in [-0.15, -0.1) is 0 Å². The van der Waals surface area contributed by atoms with Gasteiger partial charge in [0.05, 0.1) is 6.04 Å². The summed E-state index contributed by atoms with van der Waals surface area (Å²) < 4.78 is 9.76. The summed E-state index contributed by atoms with van der Waals surface area (Å²) in [4.78, 5) is 19.7. The Hall–Kier alpha value is -1.62. The molecule has 0 bridgehead atoms. The summed E-state index contributed by atoms with van der Waals surface area (Å²) in [5, 5.41) is 0. The summed E-state index contributed by atoms with van der Waals surface area (Å²) in [6.07, 6.45) is 1.11. The van der Waals surface area contributed by atoms with Gasteiger partial charge in [0.25, 0.3) is 6.47 Å². The van der Waals surface area contributed by atoms with Crippen LogP contribution in [0.1, 0.15) is 44.8 Å². The maximum Gasteiger partial charge on any atom is 0.293 e. The lowest BCUT2D eigenvalue weighted by Gasteiger charge is -2.14. The molecule has 1 atom stereocenters. The van der Waals surface area contributed by atoms with E-state index in [1.807, 2.05) is 33.8 Å². The Labute approximate surface area is 107 Å². The van der Waals surface area contributed by atoms with Crippen LogP contribution >= 0.6 is 0 Å². The first-order valence-electron chi connectivity index (χ1n) is 5.67. The molecule has 102 valence electrons. The van der Waals surface area contributed by atoms with Gasteiger partial charge in [0.1, 0.15) is 23.4 Å². The molecule has 0 radical (unpaired) electrons. The SMILES string of the molecule is CC(C)(C)OC=O.Cc1ccc(C(N)CC=O)o1.